The van der Waals surface area contributed by atoms with E-state index in [1.54, 1.807) is 24.3 Å². The second-order valence-corrected chi connectivity index (χ2v) is 3.28. The topological polar surface area (TPSA) is 85.5 Å². The fourth-order valence-corrected chi connectivity index (χ4v) is 1.07. The molecule has 0 heterocycles. The number of carbonyl (C=O) groups is 1. The van der Waals surface area contributed by atoms with Crippen LogP contribution in [0.4, 0.5) is 0 Å². The number of aliphatic hydroxyl groups excluding tert-OH is 1. The zero-order valence-corrected chi connectivity index (χ0v) is 8.53. The van der Waals surface area contributed by atoms with E-state index >= 15 is 0 Å². The van der Waals surface area contributed by atoms with Crippen molar-refractivity contribution in [2.24, 2.45) is 5.11 Å². The molecule has 1 unspecified atom stereocenters. The van der Waals surface area contributed by atoms with Crippen LogP contribution in [0, 0.1) is 5.53 Å². The van der Waals surface area contributed by atoms with Crippen LogP contribution in [-0.2, 0) is 11.3 Å². The Morgan fingerprint density at radius 2 is 2.13 bits per heavy atom. The molecule has 1 amide bonds. The Hall–Kier alpha value is -1.46. The van der Waals surface area contributed by atoms with Gasteiger partial charge < -0.3 is 10.4 Å². The molecule has 1 atom stereocenters. The first-order valence-electron chi connectivity index (χ1n) is 4.20. The number of rotatable bonds is 4. The van der Waals surface area contributed by atoms with Crippen LogP contribution in [-0.4, -0.2) is 17.2 Å². The summed E-state index contributed by atoms with van der Waals surface area (Å²) < 4.78 is 0. The maximum atomic E-state index is 11.0. The Balaban J connectivity index is 2.47. The van der Waals surface area contributed by atoms with E-state index in [1.807, 2.05) is 0 Å². The van der Waals surface area contributed by atoms with Crippen molar-refractivity contribution in [3.63, 3.8) is 0 Å². The summed E-state index contributed by atoms with van der Waals surface area (Å²) in [4.78, 5) is 11.0. The molecule has 1 rings (SSSR count). The first kappa shape index (κ1) is 11.6. The van der Waals surface area contributed by atoms with Gasteiger partial charge in [0, 0.05) is 11.6 Å². The third-order valence-corrected chi connectivity index (χ3v) is 1.99. The van der Waals surface area contributed by atoms with Crippen LogP contribution in [0.3, 0.4) is 0 Å². The molecule has 1 aromatic rings. The second-order valence-electron chi connectivity index (χ2n) is 2.85. The van der Waals surface area contributed by atoms with Gasteiger partial charge in [0.25, 0.3) is 5.91 Å². The number of hydrogen-bond acceptors (Lipinski definition) is 4. The maximum Gasteiger partial charge on any atom is 0.273 e. The van der Waals surface area contributed by atoms with Crippen molar-refractivity contribution < 1.29 is 9.90 Å². The minimum atomic E-state index is -1.63. The van der Waals surface area contributed by atoms with E-state index in [2.05, 4.69) is 10.4 Å². The smallest absolute Gasteiger partial charge is 0.273 e. The largest absolute Gasteiger partial charge is 0.363 e. The summed E-state index contributed by atoms with van der Waals surface area (Å²) in [6, 6.07) is 6.92. The number of halogens is 1. The van der Waals surface area contributed by atoms with Gasteiger partial charge in [-0.3, -0.25) is 4.79 Å². The van der Waals surface area contributed by atoms with Crippen LogP contribution in [0.25, 0.3) is 0 Å². The molecule has 6 heteroatoms. The molecule has 5 nitrogen and oxygen atoms in total. The van der Waals surface area contributed by atoms with Crippen LogP contribution in [0.1, 0.15) is 5.56 Å². The van der Waals surface area contributed by atoms with E-state index in [4.69, 9.17) is 22.2 Å². The molecule has 15 heavy (non-hydrogen) atoms. The first-order chi connectivity index (χ1) is 7.13. The molecule has 0 aliphatic rings. The first-order valence-corrected chi connectivity index (χ1v) is 4.58. The fraction of sp³-hybridized carbons (Fsp3) is 0.222. The molecule has 0 fully saturated rings. The number of nitrogens with one attached hydrogen (secondary N) is 2. The quantitative estimate of drug-likeness (QED) is 0.678. The zero-order chi connectivity index (χ0) is 11.3. The Labute approximate surface area is 91.6 Å². The zero-order valence-electron chi connectivity index (χ0n) is 7.77. The molecule has 0 aromatic heterocycles. The number of aliphatic hydroxyl groups is 1. The lowest BCUT2D eigenvalue weighted by atomic mass is 10.2. The van der Waals surface area contributed by atoms with E-state index in [9.17, 15) is 4.79 Å². The van der Waals surface area contributed by atoms with E-state index < -0.39 is 12.1 Å². The average Bonchev–Trinajstić information content (AvgIpc) is 2.26. The molecule has 0 aliphatic carbocycles. The minimum absolute atomic E-state index is 0.266. The molecule has 80 valence electrons. The summed E-state index contributed by atoms with van der Waals surface area (Å²) in [6.07, 6.45) is -1.63. The number of amides is 1. The van der Waals surface area contributed by atoms with Gasteiger partial charge in [-0.15, -0.1) is 0 Å². The maximum absolute atomic E-state index is 11.0. The Bertz CT molecular complexity index is 353. The van der Waals surface area contributed by atoms with Crippen LogP contribution in [0.15, 0.2) is 29.4 Å². The predicted octanol–water partition coefficient (Wildman–Crippen LogP) is 1.31. The molecular formula is C9H10ClN3O2. The van der Waals surface area contributed by atoms with Crippen molar-refractivity contribution in [2.45, 2.75) is 12.8 Å². The molecule has 0 aliphatic heterocycles. The highest BCUT2D eigenvalue weighted by molar-refractivity contribution is 6.30. The number of carbonyl (C=O) groups excluding carboxylic acids is 1. The average molecular weight is 228 g/mol. The van der Waals surface area contributed by atoms with Crippen LogP contribution in [0.2, 0.25) is 5.02 Å². The molecule has 0 spiro atoms. The van der Waals surface area contributed by atoms with E-state index in [0.29, 0.717) is 5.02 Å². The highest BCUT2D eigenvalue weighted by Crippen LogP contribution is 2.09. The molecule has 3 N–H and O–H groups in total. The van der Waals surface area contributed by atoms with Gasteiger partial charge in [-0.05, 0) is 17.7 Å². The summed E-state index contributed by atoms with van der Waals surface area (Å²) in [5, 5.41) is 14.6. The number of hydrogen-bond donors (Lipinski definition) is 3. The van der Waals surface area contributed by atoms with Crippen molar-refractivity contribution in [2.75, 3.05) is 0 Å². The van der Waals surface area contributed by atoms with Crippen LogP contribution >= 0.6 is 11.6 Å². The van der Waals surface area contributed by atoms with Crippen molar-refractivity contribution >= 4 is 17.5 Å². The molecule has 1 aromatic carbocycles. The van der Waals surface area contributed by atoms with Crippen LogP contribution in [0.5, 0.6) is 0 Å². The highest BCUT2D eigenvalue weighted by Gasteiger charge is 2.11. The van der Waals surface area contributed by atoms with E-state index in [0.717, 1.165) is 5.56 Å². The summed E-state index contributed by atoms with van der Waals surface area (Å²) in [7, 11) is 0. The van der Waals surface area contributed by atoms with Gasteiger partial charge >= 0.3 is 0 Å². The van der Waals surface area contributed by atoms with Crippen molar-refractivity contribution in [3.05, 3.63) is 34.9 Å². The fourth-order valence-electron chi connectivity index (χ4n) is 0.941. The minimum Gasteiger partial charge on any atom is -0.363 e. The molecule has 0 bridgehead atoms. The lowest BCUT2D eigenvalue weighted by Crippen LogP contribution is -2.32. The van der Waals surface area contributed by atoms with Crippen molar-refractivity contribution in [1.29, 1.82) is 5.53 Å². The SMILES string of the molecule is N=NC(O)C(=O)NCc1ccc(Cl)cc1. The lowest BCUT2D eigenvalue weighted by molar-refractivity contribution is -0.129. The third kappa shape index (κ3) is 3.65. The number of nitrogens with zero attached hydrogens (tertiary/aromatic N) is 1. The second kappa shape index (κ2) is 5.43. The van der Waals surface area contributed by atoms with Gasteiger partial charge in [-0.1, -0.05) is 23.7 Å². The van der Waals surface area contributed by atoms with Crippen molar-refractivity contribution in [1.82, 2.24) is 5.32 Å². The van der Waals surface area contributed by atoms with Gasteiger partial charge in [0.1, 0.15) is 0 Å². The van der Waals surface area contributed by atoms with Gasteiger partial charge in [-0.2, -0.15) is 5.11 Å². The Morgan fingerprint density at radius 3 is 2.67 bits per heavy atom. The van der Waals surface area contributed by atoms with Gasteiger partial charge in [0.15, 0.2) is 0 Å². The van der Waals surface area contributed by atoms with E-state index in [-0.39, 0.29) is 6.54 Å². The summed E-state index contributed by atoms with van der Waals surface area (Å²) >= 11 is 5.68. The Kier molecular flexibility index (Phi) is 4.20. The monoisotopic (exact) mass is 227 g/mol. The third-order valence-electron chi connectivity index (χ3n) is 1.74. The van der Waals surface area contributed by atoms with Gasteiger partial charge in [-0.25, -0.2) is 5.53 Å². The Morgan fingerprint density at radius 1 is 1.53 bits per heavy atom. The molecule has 0 radical (unpaired) electrons. The normalized spacial score (nSPS) is 11.9. The summed E-state index contributed by atoms with van der Waals surface area (Å²) in [5.41, 5.74) is 7.30. The van der Waals surface area contributed by atoms with Crippen molar-refractivity contribution in [3.8, 4) is 0 Å². The molecule has 0 saturated heterocycles. The molecular weight excluding hydrogens is 218 g/mol. The van der Waals surface area contributed by atoms with Gasteiger partial charge in [0.2, 0.25) is 6.23 Å². The summed E-state index contributed by atoms with van der Waals surface area (Å²) in [6.45, 7) is 0.266. The van der Waals surface area contributed by atoms with E-state index in [1.165, 1.54) is 0 Å². The van der Waals surface area contributed by atoms with Gasteiger partial charge in [0.05, 0.1) is 0 Å². The lowest BCUT2D eigenvalue weighted by Gasteiger charge is -2.06. The number of benzene rings is 1. The standard InChI is InChI=1S/C9H10ClN3O2/c10-7-3-1-6(2-4-7)5-12-8(14)9(15)13-11/h1-4,9,11,15H,5H2,(H,12,14). The highest BCUT2D eigenvalue weighted by atomic mass is 35.5. The summed E-state index contributed by atoms with van der Waals surface area (Å²) in [5.74, 6) is -0.694. The van der Waals surface area contributed by atoms with Crippen LogP contribution < -0.4 is 5.32 Å². The predicted molar refractivity (Wildman–Crippen MR) is 54.5 cm³/mol. The molecule has 0 saturated carbocycles.